The number of nitrogens with two attached hydrogens (primary N) is 1. The van der Waals surface area contributed by atoms with E-state index in [2.05, 4.69) is 26.3 Å². The number of aliphatic hydroxyl groups excluding tert-OH is 1. The van der Waals surface area contributed by atoms with Crippen molar-refractivity contribution in [2.75, 3.05) is 19.1 Å². The van der Waals surface area contributed by atoms with Gasteiger partial charge in [0.25, 0.3) is 5.56 Å². The maximum Gasteiger partial charge on any atom is 0.331 e. The molecule has 0 radical (unpaired) electrons. The van der Waals surface area contributed by atoms with Crippen molar-refractivity contribution in [2.45, 2.75) is 75.1 Å². The smallest absolute Gasteiger partial charge is 0.331 e. The highest BCUT2D eigenvalue weighted by Gasteiger charge is 2.37. The molecule has 0 saturated carbocycles. The summed E-state index contributed by atoms with van der Waals surface area (Å²) in [6, 6.07) is 5.55. The van der Waals surface area contributed by atoms with E-state index in [0.29, 0.717) is 16.9 Å². The zero-order valence-electron chi connectivity index (χ0n) is 32.4. The van der Waals surface area contributed by atoms with Crippen molar-refractivity contribution in [1.29, 1.82) is 0 Å². The van der Waals surface area contributed by atoms with E-state index < -0.39 is 83.5 Å². The van der Waals surface area contributed by atoms with Gasteiger partial charge in [-0.05, 0) is 67.2 Å². The molecule has 1 unspecified atom stereocenters. The van der Waals surface area contributed by atoms with Gasteiger partial charge in [0.1, 0.15) is 41.5 Å². The predicted octanol–water partition coefficient (Wildman–Crippen LogP) is -0.796. The van der Waals surface area contributed by atoms with Crippen LogP contribution in [0.4, 0.5) is 4.79 Å². The summed E-state index contributed by atoms with van der Waals surface area (Å²) >= 11 is 1.35. The third kappa shape index (κ3) is 12.8. The Hall–Kier alpha value is -6.32. The number of hydrogen-bond donors (Lipinski definition) is 10. The highest BCUT2D eigenvalue weighted by molar-refractivity contribution is 7.98. The molecule has 20 nitrogen and oxygen atoms in total. The Bertz CT molecular complexity index is 2140. The number of nitrogens with zero attached hydrogens (tertiary/aromatic N) is 2. The molecule has 21 heteroatoms. The van der Waals surface area contributed by atoms with Crippen LogP contribution in [-0.4, -0.2) is 120 Å². The van der Waals surface area contributed by atoms with Gasteiger partial charge in [-0.1, -0.05) is 24.3 Å². The van der Waals surface area contributed by atoms with Crippen molar-refractivity contribution >= 4 is 41.5 Å². The molecule has 2 aromatic carbocycles. The Kier molecular flexibility index (Phi) is 16.1. The zero-order valence-corrected chi connectivity index (χ0v) is 33.2. The number of benzene rings is 2. The summed E-state index contributed by atoms with van der Waals surface area (Å²) in [6.07, 6.45) is 1.22. The molecule has 5 amide bonds. The van der Waals surface area contributed by atoms with Gasteiger partial charge >= 0.3 is 17.7 Å². The lowest BCUT2D eigenvalue weighted by molar-refractivity contribution is -0.139. The number of aliphatic carboxylic acids is 1. The lowest BCUT2D eigenvalue weighted by atomic mass is 10.0. The molecule has 4 rings (SSSR count). The Morgan fingerprint density at radius 1 is 0.983 bits per heavy atom. The predicted molar refractivity (Wildman–Crippen MR) is 214 cm³/mol. The molecular formula is C38H48N8O12S. The number of urea groups is 1. The van der Waals surface area contributed by atoms with E-state index in [0.717, 1.165) is 27.9 Å². The number of carboxylic acid groups (broad SMARTS) is 1. The van der Waals surface area contributed by atoms with Crippen molar-refractivity contribution in [3.8, 4) is 11.5 Å². The summed E-state index contributed by atoms with van der Waals surface area (Å²) in [4.78, 5) is 93.8. The number of amides is 5. The number of H-pyrrole nitrogens is 1. The maximum absolute atomic E-state index is 13.9. The number of carboxylic acids is 1. The largest absolute Gasteiger partial charge is 0.508 e. The number of carbonyl (C=O) groups excluding carboxylic acids is 4. The first kappa shape index (κ1) is 45.4. The molecular weight excluding hydrogens is 793 g/mol. The van der Waals surface area contributed by atoms with E-state index >= 15 is 0 Å². The molecule has 1 saturated heterocycles. The first-order valence-corrected chi connectivity index (χ1v) is 19.7. The van der Waals surface area contributed by atoms with Gasteiger partial charge in [-0.15, -0.1) is 0 Å². The minimum absolute atomic E-state index is 0.0252. The molecule has 0 bridgehead atoms. The summed E-state index contributed by atoms with van der Waals surface area (Å²) in [7, 11) is 1.37. The van der Waals surface area contributed by atoms with E-state index in [4.69, 9.17) is 10.5 Å². The number of likely N-dealkylation sites (N-methyl/N-ethyl adjacent to an activating group) is 1. The van der Waals surface area contributed by atoms with Crippen LogP contribution in [0.25, 0.3) is 0 Å². The normalized spacial score (nSPS) is 18.0. The number of carbonyl (C=O) groups is 5. The average Bonchev–Trinajstić information content (AvgIpc) is 3.55. The first-order valence-electron chi connectivity index (χ1n) is 18.3. The van der Waals surface area contributed by atoms with Gasteiger partial charge in [0.2, 0.25) is 23.9 Å². The van der Waals surface area contributed by atoms with Crippen LogP contribution in [0.1, 0.15) is 37.1 Å². The quantitative estimate of drug-likeness (QED) is 0.0751. The van der Waals surface area contributed by atoms with Crippen LogP contribution in [0.3, 0.4) is 0 Å². The van der Waals surface area contributed by atoms with Gasteiger partial charge in [0.05, 0.1) is 12.1 Å². The zero-order chi connectivity index (χ0) is 43.4. The number of aromatic amines is 1. The molecule has 318 valence electrons. The molecule has 0 spiro atoms. The van der Waals surface area contributed by atoms with E-state index in [9.17, 15) is 54.0 Å². The van der Waals surface area contributed by atoms with Gasteiger partial charge < -0.3 is 57.1 Å². The summed E-state index contributed by atoms with van der Waals surface area (Å²) in [5.41, 5.74) is 5.75. The van der Waals surface area contributed by atoms with E-state index in [1.165, 1.54) is 56.1 Å². The van der Waals surface area contributed by atoms with Crippen LogP contribution in [0.2, 0.25) is 0 Å². The Morgan fingerprint density at radius 3 is 2.20 bits per heavy atom. The second kappa shape index (κ2) is 20.9. The van der Waals surface area contributed by atoms with Crippen LogP contribution in [0.5, 0.6) is 11.5 Å². The molecule has 59 heavy (non-hydrogen) atoms. The highest BCUT2D eigenvalue weighted by Crippen LogP contribution is 2.30. The number of aromatic nitrogens is 2. The molecule has 1 aliphatic heterocycles. The first-order chi connectivity index (χ1) is 28.0. The number of phenolic OH excluding ortho intramolecular Hbond substituents is 2. The fourth-order valence-corrected chi connectivity index (χ4v) is 6.62. The number of thioether (sulfide) groups is 1. The third-order valence-corrected chi connectivity index (χ3v) is 10.0. The van der Waals surface area contributed by atoms with Crippen molar-refractivity contribution in [2.24, 2.45) is 5.73 Å². The Labute approximate surface area is 341 Å². The summed E-state index contributed by atoms with van der Waals surface area (Å²) in [5.74, 6) is -3.47. The number of nitrogens with one attached hydrogen (secondary N) is 5. The second-order valence-corrected chi connectivity index (χ2v) is 14.8. The van der Waals surface area contributed by atoms with Gasteiger partial charge in [-0.2, -0.15) is 11.8 Å². The molecule has 7 atom stereocenters. The number of aliphatic hydroxyl groups is 1. The van der Waals surface area contributed by atoms with Crippen molar-refractivity contribution in [1.82, 2.24) is 35.7 Å². The minimum Gasteiger partial charge on any atom is -0.508 e. The fraction of sp³-hybridized carbons (Fsp3) is 0.395. The van der Waals surface area contributed by atoms with E-state index in [1.807, 2.05) is 0 Å². The van der Waals surface area contributed by atoms with E-state index in [-0.39, 0.29) is 42.9 Å². The Morgan fingerprint density at radius 2 is 1.61 bits per heavy atom. The Balaban J connectivity index is 1.55. The third-order valence-electron chi connectivity index (χ3n) is 9.40. The topological polar surface area (TPSA) is 308 Å². The fourth-order valence-electron chi connectivity index (χ4n) is 6.14. The standard InChI is InChI=1S/C38H48N8O12S/c1-20(45(2)34(53)26(39)16-21-6-4-8-23(47)14-21)31(33(52)40-19-25-18-29(49)35(58-25)46-12-10-30(50)43-38(46)57)44-32(51)27(11-13-59-3)41-37(56)42-28(36(54)55)17-22-7-5-9-24(48)15-22/h4-10,12,14-15,19-20,26-29,31,35,47-49H,11,13,16-18,39H2,1-3H3,(H,40,52)(H,44,51)(H,54,55)(H2,41,42,56)(H,43,50,57)/b25-19+/t20-,26-,27-,28-,29+,31?,35+/m0/s1. The molecule has 1 fully saturated rings. The molecule has 1 aliphatic rings. The van der Waals surface area contributed by atoms with Crippen molar-refractivity contribution < 1.29 is 49.1 Å². The summed E-state index contributed by atoms with van der Waals surface area (Å²) in [5, 5.41) is 50.0. The number of aromatic hydroxyl groups is 2. The highest BCUT2D eigenvalue weighted by atomic mass is 32.2. The van der Waals surface area contributed by atoms with Crippen LogP contribution < -0.4 is 38.2 Å². The molecule has 11 N–H and O–H groups in total. The van der Waals surface area contributed by atoms with Gasteiger partial charge in [0, 0.05) is 38.4 Å². The molecule has 1 aromatic heterocycles. The lowest BCUT2D eigenvalue weighted by Gasteiger charge is -2.34. The number of ether oxygens (including phenoxy) is 1. The molecule has 3 aromatic rings. The number of rotatable bonds is 18. The summed E-state index contributed by atoms with van der Waals surface area (Å²) < 4.78 is 6.65. The molecule has 2 heterocycles. The number of phenols is 2. The molecule has 0 aliphatic carbocycles. The minimum atomic E-state index is -1.52. The number of hydrogen-bond acceptors (Lipinski definition) is 13. The van der Waals surface area contributed by atoms with Crippen LogP contribution in [0, 0.1) is 0 Å². The monoisotopic (exact) mass is 840 g/mol. The van der Waals surface area contributed by atoms with Crippen molar-refractivity contribution in [3.63, 3.8) is 0 Å². The van der Waals surface area contributed by atoms with E-state index in [1.54, 1.807) is 24.5 Å². The van der Waals surface area contributed by atoms with Crippen LogP contribution >= 0.6 is 11.8 Å². The van der Waals surface area contributed by atoms with Gasteiger partial charge in [-0.25, -0.2) is 14.4 Å². The van der Waals surface area contributed by atoms with Gasteiger partial charge in [0.15, 0.2) is 0 Å². The van der Waals surface area contributed by atoms with Crippen molar-refractivity contribution in [3.05, 3.63) is 105 Å². The van der Waals surface area contributed by atoms with Gasteiger partial charge in [-0.3, -0.25) is 28.7 Å². The lowest BCUT2D eigenvalue weighted by Crippen LogP contribution is -2.62. The maximum atomic E-state index is 13.9. The SMILES string of the molecule is CSCC[C@H](NC(=O)N[C@@H](Cc1cccc(O)c1)C(=O)O)C(=O)NC(C(=O)N/C=C1\C[C@@H](O)[C@H](n2ccc(=O)[nH]c2=O)O1)[C@H](C)N(C)C(=O)[C@@H](N)Cc1cccc(O)c1. The van der Waals surface area contributed by atoms with Crippen LogP contribution in [0.15, 0.2) is 82.3 Å². The second-order valence-electron chi connectivity index (χ2n) is 13.8. The van der Waals surface area contributed by atoms with Crippen LogP contribution in [-0.2, 0) is 36.8 Å². The average molecular weight is 841 g/mol. The summed E-state index contributed by atoms with van der Waals surface area (Å²) in [6.45, 7) is 1.47.